The Morgan fingerprint density at radius 1 is 1.17 bits per heavy atom. The van der Waals surface area contributed by atoms with Gasteiger partial charge in [-0.3, -0.25) is 14.4 Å². The Hall–Kier alpha value is -2.94. The molecule has 2 aliphatic heterocycles. The summed E-state index contributed by atoms with van der Waals surface area (Å²) in [6.45, 7) is 17.6. The summed E-state index contributed by atoms with van der Waals surface area (Å²) in [7, 11) is 0. The summed E-state index contributed by atoms with van der Waals surface area (Å²) in [5, 5.41) is 15.3. The maximum atomic E-state index is 13.7. The van der Waals surface area contributed by atoms with Gasteiger partial charge in [-0.1, -0.05) is 33.8 Å². The molecule has 15 heteroatoms. The lowest BCUT2D eigenvalue weighted by atomic mass is 9.44. The summed E-state index contributed by atoms with van der Waals surface area (Å²) in [4.78, 5) is 58.3. The maximum Gasteiger partial charge on any atom is 0.316 e. The first kappa shape index (κ1) is 39.7. The van der Waals surface area contributed by atoms with Crippen LogP contribution < -0.4 is 16.0 Å². The smallest absolute Gasteiger partial charge is 0.316 e. The van der Waals surface area contributed by atoms with Gasteiger partial charge in [0.05, 0.1) is 18.2 Å². The highest BCUT2D eigenvalue weighted by molar-refractivity contribution is 8.00. The molecule has 3 aliphatic carbocycles. The predicted molar refractivity (Wildman–Crippen MR) is 209 cm³/mol. The molecule has 3 saturated carbocycles. The number of nitrogen functional groups attached to an aromatic ring is 1. The fraction of sp³-hybridized carbons (Fsp3) is 0.737. The molecule has 292 valence electrons. The molecule has 1 amide bonds. The number of rotatable bonds is 9. The van der Waals surface area contributed by atoms with Crippen molar-refractivity contribution in [2.45, 2.75) is 96.6 Å². The number of aryl methyl sites for hydroxylation is 1. The molecule has 0 spiro atoms. The number of piperazine rings is 1. The largest absolute Gasteiger partial charge is 0.461 e. The minimum absolute atomic E-state index is 0. The highest BCUT2D eigenvalue weighted by Crippen LogP contribution is 2.68. The summed E-state index contributed by atoms with van der Waals surface area (Å²) in [5.41, 5.74) is 5.90. The highest BCUT2D eigenvalue weighted by atomic mass is 35.5. The Balaban J connectivity index is 0.00000481. The van der Waals surface area contributed by atoms with Crippen LogP contribution in [0.1, 0.15) is 72.6 Å². The second-order valence-electron chi connectivity index (χ2n) is 16.6. The molecule has 2 bridgehead atoms. The van der Waals surface area contributed by atoms with Gasteiger partial charge in [-0.05, 0) is 49.4 Å². The van der Waals surface area contributed by atoms with Crippen molar-refractivity contribution < 1.29 is 24.2 Å². The summed E-state index contributed by atoms with van der Waals surface area (Å²) >= 11 is 1.53. The number of ether oxygens (including phenoxy) is 1. The quantitative estimate of drug-likeness (QED) is 0.249. The molecule has 13 nitrogen and oxygen atoms in total. The third-order valence-corrected chi connectivity index (χ3v) is 15.2. The molecule has 53 heavy (non-hydrogen) atoms. The van der Waals surface area contributed by atoms with Crippen LogP contribution >= 0.6 is 24.2 Å². The standard InChI is InChI=1S/C38H56N8O5S.ClH/c1-6-36(4)19-27(37(5)23(2)7-11-38(24(3)32(36)50)12-8-26(47)31(37)38)51-29(49)21-52-25-9-15-45(20-25)28(48)10-16-46-22-41-30-33(42-35(39)43-34(30)46)44-17-13-40-14-18-44;/h6,22-25,27,31-32,40,50H,1,7-21H2,2-5H3,(H2,39,42,43);1H/t23-,24+,25?,27-,31-,32+,36-,37+,38+;/m1./s1. The lowest BCUT2D eigenvalue weighted by Gasteiger charge is -2.61. The number of amides is 1. The van der Waals surface area contributed by atoms with Crippen molar-refractivity contribution in [3.8, 4) is 0 Å². The highest BCUT2D eigenvalue weighted by Gasteiger charge is 2.68. The summed E-state index contributed by atoms with van der Waals surface area (Å²) in [6, 6.07) is 0. The SMILES string of the molecule is C=C[C@]1(C)C[C@@H](OC(=O)CSC2CCN(C(=O)CCn3cnc4c(N5CCNCC5)nc(N)nc43)C2)[C@]2(C)[C@H](C)CC[C@]3(CCC(=O)[C@@H]32)[C@@H](C)[C@@H]1O.Cl. The number of aliphatic hydroxyl groups is 1. The van der Waals surface area contributed by atoms with Crippen molar-refractivity contribution in [1.82, 2.24) is 29.7 Å². The number of ketones is 1. The third kappa shape index (κ3) is 6.95. The monoisotopic (exact) mass is 772 g/mol. The zero-order chi connectivity index (χ0) is 37.0. The normalized spacial score (nSPS) is 35.7. The van der Waals surface area contributed by atoms with Gasteiger partial charge in [0.1, 0.15) is 11.9 Å². The zero-order valence-corrected chi connectivity index (χ0v) is 33.2. The maximum absolute atomic E-state index is 13.7. The van der Waals surface area contributed by atoms with Crippen LogP contribution in [0.15, 0.2) is 19.0 Å². The lowest BCUT2D eigenvalue weighted by molar-refractivity contribution is -0.205. The third-order valence-electron chi connectivity index (χ3n) is 14.0. The van der Waals surface area contributed by atoms with Gasteiger partial charge in [-0.2, -0.15) is 9.97 Å². The van der Waals surface area contributed by atoms with Gasteiger partial charge < -0.3 is 35.3 Å². The van der Waals surface area contributed by atoms with E-state index in [0.29, 0.717) is 50.1 Å². The number of likely N-dealkylation sites (tertiary alicyclic amines) is 1. The van der Waals surface area contributed by atoms with Crippen molar-refractivity contribution in [2.75, 3.05) is 55.7 Å². The summed E-state index contributed by atoms with van der Waals surface area (Å²) in [6.07, 6.45) is 6.96. The number of carbonyl (C=O) groups excluding carboxylic acids is 3. The molecule has 0 aromatic carbocycles. The molecule has 2 aromatic heterocycles. The number of carbonyl (C=O) groups is 3. The molecule has 5 fully saturated rings. The number of thioether (sulfide) groups is 1. The van der Waals surface area contributed by atoms with Crippen LogP contribution in [0.5, 0.6) is 0 Å². The molecular formula is C38H57ClN8O5S. The van der Waals surface area contributed by atoms with Gasteiger partial charge in [0.2, 0.25) is 11.9 Å². The molecule has 2 saturated heterocycles. The number of Topliss-reactive ketones (excluding diaryl/α,β-unsaturated/α-hetero) is 1. The fourth-order valence-corrected chi connectivity index (χ4v) is 11.5. The van der Waals surface area contributed by atoms with Crippen molar-refractivity contribution in [3.63, 3.8) is 0 Å². The van der Waals surface area contributed by atoms with Crippen molar-refractivity contribution in [1.29, 1.82) is 0 Å². The van der Waals surface area contributed by atoms with Gasteiger partial charge in [0.25, 0.3) is 0 Å². The number of fused-ring (bicyclic) bond motifs is 1. The van der Waals surface area contributed by atoms with E-state index in [4.69, 9.17) is 10.5 Å². The van der Waals surface area contributed by atoms with Gasteiger partial charge in [0.15, 0.2) is 17.0 Å². The molecule has 4 N–H and O–H groups in total. The molecule has 9 atom stereocenters. The van der Waals surface area contributed by atoms with Crippen LogP contribution in [0.25, 0.3) is 11.2 Å². The molecule has 1 unspecified atom stereocenters. The van der Waals surface area contributed by atoms with Gasteiger partial charge >= 0.3 is 5.97 Å². The average molecular weight is 773 g/mol. The van der Waals surface area contributed by atoms with E-state index >= 15 is 0 Å². The van der Waals surface area contributed by atoms with E-state index < -0.39 is 23.0 Å². The topological polar surface area (TPSA) is 169 Å². The Morgan fingerprint density at radius 3 is 2.66 bits per heavy atom. The first-order valence-corrected chi connectivity index (χ1v) is 20.2. The Bertz CT molecular complexity index is 1720. The Morgan fingerprint density at radius 2 is 1.92 bits per heavy atom. The Kier molecular flexibility index (Phi) is 11.5. The van der Waals surface area contributed by atoms with Gasteiger partial charge in [0, 0.05) is 80.7 Å². The molecular weight excluding hydrogens is 716 g/mol. The van der Waals surface area contributed by atoms with E-state index in [2.05, 4.69) is 52.5 Å². The number of hydrogen-bond donors (Lipinski definition) is 3. The van der Waals surface area contributed by atoms with E-state index in [9.17, 15) is 19.5 Å². The number of aromatic nitrogens is 4. The number of nitrogens with zero attached hydrogens (tertiary/aromatic N) is 6. The molecule has 0 radical (unpaired) electrons. The number of aliphatic hydroxyl groups excluding tert-OH is 1. The van der Waals surface area contributed by atoms with E-state index in [1.54, 1.807) is 6.33 Å². The van der Waals surface area contributed by atoms with Crippen molar-refractivity contribution >= 4 is 64.8 Å². The Labute approximate surface area is 323 Å². The molecule has 5 aliphatic rings. The predicted octanol–water partition coefficient (Wildman–Crippen LogP) is 3.87. The number of nitrogens with one attached hydrogen (secondary N) is 1. The molecule has 4 heterocycles. The average Bonchev–Trinajstić information content (AvgIpc) is 3.88. The second kappa shape index (κ2) is 15.3. The van der Waals surface area contributed by atoms with Crippen molar-refractivity contribution in [2.24, 2.45) is 34.0 Å². The van der Waals surface area contributed by atoms with E-state index in [1.807, 2.05) is 22.5 Å². The lowest BCUT2D eigenvalue weighted by Crippen LogP contribution is -2.63. The number of imidazole rings is 1. The van der Waals surface area contributed by atoms with E-state index in [-0.39, 0.29) is 70.2 Å². The molecule has 2 aromatic rings. The zero-order valence-electron chi connectivity index (χ0n) is 31.6. The van der Waals surface area contributed by atoms with Crippen LogP contribution in [0.4, 0.5) is 11.8 Å². The number of halogens is 1. The number of esters is 1. The van der Waals surface area contributed by atoms with Crippen LogP contribution in [0.2, 0.25) is 0 Å². The fourth-order valence-electron chi connectivity index (χ4n) is 10.6. The summed E-state index contributed by atoms with van der Waals surface area (Å²) < 4.78 is 8.31. The minimum atomic E-state index is -0.692. The molecule has 7 rings (SSSR count). The van der Waals surface area contributed by atoms with Crippen LogP contribution in [-0.4, -0.2) is 110 Å². The van der Waals surface area contributed by atoms with Gasteiger partial charge in [-0.25, -0.2) is 4.98 Å². The van der Waals surface area contributed by atoms with Crippen LogP contribution in [0.3, 0.4) is 0 Å². The number of anilines is 2. The summed E-state index contributed by atoms with van der Waals surface area (Å²) in [5.74, 6) is 0.937. The number of nitrogens with two attached hydrogens (primary N) is 1. The van der Waals surface area contributed by atoms with E-state index in [1.165, 1.54) is 11.8 Å². The van der Waals surface area contributed by atoms with Crippen molar-refractivity contribution in [3.05, 3.63) is 19.0 Å². The van der Waals surface area contributed by atoms with Crippen LogP contribution in [-0.2, 0) is 25.7 Å². The van der Waals surface area contributed by atoms with Gasteiger partial charge in [-0.15, -0.1) is 30.7 Å². The minimum Gasteiger partial charge on any atom is -0.461 e. The first-order chi connectivity index (χ1) is 24.8. The van der Waals surface area contributed by atoms with Crippen LogP contribution in [0, 0.1) is 34.0 Å². The second-order valence-corrected chi connectivity index (χ2v) is 17.9. The first-order valence-electron chi connectivity index (χ1n) is 19.2. The van der Waals surface area contributed by atoms with E-state index in [0.717, 1.165) is 57.7 Å². The number of hydrogen-bond acceptors (Lipinski definition) is 12.